The van der Waals surface area contributed by atoms with E-state index in [9.17, 15) is 14.7 Å². The van der Waals surface area contributed by atoms with E-state index in [-0.39, 0.29) is 6.42 Å². The fourth-order valence-corrected chi connectivity index (χ4v) is 2.49. The van der Waals surface area contributed by atoms with Crippen molar-refractivity contribution < 1.29 is 19.4 Å². The first-order valence-corrected chi connectivity index (χ1v) is 7.44. The third kappa shape index (κ3) is 3.55. The number of ether oxygens (including phenoxy) is 1. The molecule has 0 aliphatic carbocycles. The van der Waals surface area contributed by atoms with Gasteiger partial charge in [-0.15, -0.1) is 0 Å². The summed E-state index contributed by atoms with van der Waals surface area (Å²) in [6, 6.07) is 15.0. The highest BCUT2D eigenvalue weighted by atomic mass is 16.6. The summed E-state index contributed by atoms with van der Waals surface area (Å²) in [5.74, 6) is -0.767. The Hall–Kier alpha value is -3.28. The maximum atomic E-state index is 11.9. The van der Waals surface area contributed by atoms with Gasteiger partial charge in [-0.05, 0) is 23.8 Å². The van der Waals surface area contributed by atoms with Gasteiger partial charge < -0.3 is 20.1 Å². The van der Waals surface area contributed by atoms with E-state index in [1.165, 1.54) is 0 Å². The number of amides is 1. The lowest BCUT2D eigenvalue weighted by Gasteiger charge is -2.14. The molecule has 1 aromatic heterocycles. The predicted octanol–water partition coefficient (Wildman–Crippen LogP) is 2.95. The molecule has 0 aliphatic heterocycles. The Morgan fingerprint density at radius 1 is 1.08 bits per heavy atom. The number of hydrogen-bond acceptors (Lipinski definition) is 3. The van der Waals surface area contributed by atoms with Crippen molar-refractivity contribution in [1.29, 1.82) is 0 Å². The second-order valence-corrected chi connectivity index (χ2v) is 5.30. The van der Waals surface area contributed by atoms with Crippen molar-refractivity contribution in [1.82, 2.24) is 10.3 Å². The zero-order valence-corrected chi connectivity index (χ0v) is 12.7. The Morgan fingerprint density at radius 2 is 1.79 bits per heavy atom. The van der Waals surface area contributed by atoms with E-state index >= 15 is 0 Å². The summed E-state index contributed by atoms with van der Waals surface area (Å²) in [6.07, 6.45) is 1.11. The first kappa shape index (κ1) is 15.6. The molecule has 3 rings (SSSR count). The molecule has 1 heterocycles. The monoisotopic (exact) mass is 324 g/mol. The number of H-pyrrole nitrogens is 1. The summed E-state index contributed by atoms with van der Waals surface area (Å²) in [5, 5.41) is 12.7. The molecule has 0 saturated carbocycles. The summed E-state index contributed by atoms with van der Waals surface area (Å²) in [5.41, 5.74) is 1.74. The van der Waals surface area contributed by atoms with Gasteiger partial charge in [-0.25, -0.2) is 9.59 Å². The number of carbonyl (C=O) groups is 2. The second-order valence-electron chi connectivity index (χ2n) is 5.30. The zero-order chi connectivity index (χ0) is 16.9. The van der Waals surface area contributed by atoms with Crippen LogP contribution >= 0.6 is 0 Å². The molecule has 0 radical (unpaired) electrons. The van der Waals surface area contributed by atoms with Crippen LogP contribution in [0.5, 0.6) is 5.75 Å². The highest BCUT2D eigenvalue weighted by Gasteiger charge is 2.22. The summed E-state index contributed by atoms with van der Waals surface area (Å²) in [7, 11) is 0. The van der Waals surface area contributed by atoms with E-state index in [0.29, 0.717) is 5.75 Å². The molecule has 122 valence electrons. The van der Waals surface area contributed by atoms with Gasteiger partial charge in [0.05, 0.1) is 0 Å². The number of nitrogens with one attached hydrogen (secondary N) is 2. The van der Waals surface area contributed by atoms with Gasteiger partial charge in [0.2, 0.25) is 0 Å². The Bertz CT molecular complexity index is 858. The van der Waals surface area contributed by atoms with E-state index in [1.54, 1.807) is 36.5 Å². The lowest BCUT2D eigenvalue weighted by Crippen LogP contribution is -2.43. The van der Waals surface area contributed by atoms with Crippen molar-refractivity contribution in [2.75, 3.05) is 0 Å². The molecule has 0 saturated heterocycles. The van der Waals surface area contributed by atoms with Crippen molar-refractivity contribution >= 4 is 23.0 Å². The van der Waals surface area contributed by atoms with Crippen LogP contribution in [0.25, 0.3) is 10.9 Å². The summed E-state index contributed by atoms with van der Waals surface area (Å²) >= 11 is 0. The normalized spacial score (nSPS) is 11.8. The van der Waals surface area contributed by atoms with Crippen LogP contribution in [0.4, 0.5) is 4.79 Å². The largest absolute Gasteiger partial charge is 0.480 e. The van der Waals surface area contributed by atoms with Crippen LogP contribution in [0, 0.1) is 0 Å². The molecule has 6 heteroatoms. The fourth-order valence-electron chi connectivity index (χ4n) is 2.49. The quantitative estimate of drug-likeness (QED) is 0.673. The average Bonchev–Trinajstić information content (AvgIpc) is 2.98. The van der Waals surface area contributed by atoms with Crippen LogP contribution in [0.1, 0.15) is 5.56 Å². The summed E-state index contributed by atoms with van der Waals surface area (Å²) in [6.45, 7) is 0. The van der Waals surface area contributed by atoms with E-state index in [2.05, 4.69) is 10.3 Å². The number of carboxylic acid groups (broad SMARTS) is 1. The van der Waals surface area contributed by atoms with Crippen LogP contribution in [-0.4, -0.2) is 28.2 Å². The smallest absolute Gasteiger partial charge is 0.413 e. The standard InChI is InChI=1S/C18H16N2O4/c21-17(22)16(20-18(23)24-13-6-2-1-3-7-13)10-12-11-19-15-9-5-4-8-14(12)15/h1-9,11,16,19H,10H2,(H,20,23)(H,21,22)/t16-/m0/s1. The topological polar surface area (TPSA) is 91.4 Å². The lowest BCUT2D eigenvalue weighted by atomic mass is 10.1. The Balaban J connectivity index is 1.71. The van der Waals surface area contributed by atoms with Gasteiger partial charge in [-0.2, -0.15) is 0 Å². The van der Waals surface area contributed by atoms with E-state index < -0.39 is 18.1 Å². The Kier molecular flexibility index (Phi) is 4.47. The van der Waals surface area contributed by atoms with Crippen LogP contribution in [0.2, 0.25) is 0 Å². The predicted molar refractivity (Wildman–Crippen MR) is 89.0 cm³/mol. The number of carboxylic acids is 1. The van der Waals surface area contributed by atoms with Gasteiger partial charge in [0.1, 0.15) is 11.8 Å². The molecule has 24 heavy (non-hydrogen) atoms. The number of aliphatic carboxylic acids is 1. The minimum Gasteiger partial charge on any atom is -0.480 e. The number of rotatable bonds is 5. The molecule has 1 atom stereocenters. The van der Waals surface area contributed by atoms with E-state index in [0.717, 1.165) is 16.5 Å². The molecule has 0 spiro atoms. The number of hydrogen-bond donors (Lipinski definition) is 3. The maximum absolute atomic E-state index is 11.9. The molecule has 2 aromatic carbocycles. The Morgan fingerprint density at radius 3 is 2.54 bits per heavy atom. The number of para-hydroxylation sites is 2. The minimum absolute atomic E-state index is 0.156. The lowest BCUT2D eigenvalue weighted by molar-refractivity contribution is -0.139. The highest BCUT2D eigenvalue weighted by Crippen LogP contribution is 2.19. The molecule has 3 N–H and O–H groups in total. The van der Waals surface area contributed by atoms with Crippen molar-refractivity contribution in [3.63, 3.8) is 0 Å². The van der Waals surface area contributed by atoms with E-state index in [4.69, 9.17) is 4.74 Å². The fraction of sp³-hybridized carbons (Fsp3) is 0.111. The van der Waals surface area contributed by atoms with Gasteiger partial charge >= 0.3 is 12.1 Å². The number of aromatic nitrogens is 1. The first-order chi connectivity index (χ1) is 11.6. The third-order valence-electron chi connectivity index (χ3n) is 3.64. The zero-order valence-electron chi connectivity index (χ0n) is 12.7. The molecule has 0 bridgehead atoms. The number of benzene rings is 2. The molecule has 1 amide bonds. The minimum atomic E-state index is -1.12. The van der Waals surface area contributed by atoms with Crippen LogP contribution < -0.4 is 10.1 Å². The number of fused-ring (bicyclic) bond motifs is 1. The van der Waals surface area contributed by atoms with Crippen molar-refractivity contribution in [2.24, 2.45) is 0 Å². The SMILES string of the molecule is O=C(N[C@@H](Cc1c[nH]c2ccccc12)C(=O)O)Oc1ccccc1. The summed E-state index contributed by atoms with van der Waals surface area (Å²) < 4.78 is 5.08. The van der Waals surface area contributed by atoms with Gasteiger partial charge in [0, 0.05) is 23.5 Å². The van der Waals surface area contributed by atoms with Crippen molar-refractivity contribution in [2.45, 2.75) is 12.5 Å². The van der Waals surface area contributed by atoms with Gasteiger partial charge in [0.25, 0.3) is 0 Å². The summed E-state index contributed by atoms with van der Waals surface area (Å²) in [4.78, 5) is 26.5. The van der Waals surface area contributed by atoms with Crippen molar-refractivity contribution in [3.8, 4) is 5.75 Å². The molecule has 3 aromatic rings. The maximum Gasteiger partial charge on any atom is 0.413 e. The molecule has 0 fully saturated rings. The molecule has 0 unspecified atom stereocenters. The van der Waals surface area contributed by atoms with Crippen LogP contribution in [0.3, 0.4) is 0 Å². The second kappa shape index (κ2) is 6.87. The molecule has 0 aliphatic rings. The van der Waals surface area contributed by atoms with Gasteiger partial charge in [-0.3, -0.25) is 0 Å². The highest BCUT2D eigenvalue weighted by molar-refractivity contribution is 5.85. The van der Waals surface area contributed by atoms with Crippen molar-refractivity contribution in [3.05, 3.63) is 66.4 Å². The average molecular weight is 324 g/mol. The van der Waals surface area contributed by atoms with Gasteiger partial charge in [0.15, 0.2) is 0 Å². The van der Waals surface area contributed by atoms with Crippen LogP contribution in [0.15, 0.2) is 60.8 Å². The first-order valence-electron chi connectivity index (χ1n) is 7.44. The van der Waals surface area contributed by atoms with E-state index in [1.807, 2.05) is 24.3 Å². The number of aromatic amines is 1. The Labute approximate surface area is 138 Å². The number of carbonyl (C=O) groups excluding carboxylic acids is 1. The molecular formula is C18H16N2O4. The molecular weight excluding hydrogens is 308 g/mol. The third-order valence-corrected chi connectivity index (χ3v) is 3.64. The van der Waals surface area contributed by atoms with Crippen LogP contribution in [-0.2, 0) is 11.2 Å². The molecule has 6 nitrogen and oxygen atoms in total. The van der Waals surface area contributed by atoms with Gasteiger partial charge in [-0.1, -0.05) is 36.4 Å².